The number of nitrogens with one attached hydrogen (secondary N) is 1. The Balaban J connectivity index is 2.34. The minimum absolute atomic E-state index is 0.287. The molecule has 3 aromatic rings. The van der Waals surface area contributed by atoms with Gasteiger partial charge in [0.25, 0.3) is 0 Å². The van der Waals surface area contributed by atoms with E-state index in [1.807, 2.05) is 32.0 Å². The molecule has 0 saturated carbocycles. The number of hydrogen-bond acceptors (Lipinski definition) is 2. The SMILES string of the molecule is Cc1cc(-c2c(C)[nH]c3ccccc23)nc(Cl)n1. The Bertz CT molecular complexity index is 711. The zero-order chi connectivity index (χ0) is 12.7. The van der Waals surface area contributed by atoms with Crippen LogP contribution in [0.2, 0.25) is 5.28 Å². The summed E-state index contributed by atoms with van der Waals surface area (Å²) in [6, 6.07) is 10.1. The van der Waals surface area contributed by atoms with Crippen LogP contribution in [0, 0.1) is 13.8 Å². The van der Waals surface area contributed by atoms with Crippen molar-refractivity contribution in [1.29, 1.82) is 0 Å². The van der Waals surface area contributed by atoms with Crippen LogP contribution in [0.1, 0.15) is 11.4 Å². The van der Waals surface area contributed by atoms with Crippen LogP contribution < -0.4 is 0 Å². The van der Waals surface area contributed by atoms with Crippen molar-refractivity contribution in [3.63, 3.8) is 0 Å². The third-order valence-electron chi connectivity index (χ3n) is 2.98. The van der Waals surface area contributed by atoms with Gasteiger partial charge in [0.2, 0.25) is 5.28 Å². The summed E-state index contributed by atoms with van der Waals surface area (Å²) in [5.41, 5.74) is 5.03. The highest BCUT2D eigenvalue weighted by molar-refractivity contribution is 6.28. The second-order valence-corrected chi connectivity index (χ2v) is 4.67. The number of nitrogens with zero attached hydrogens (tertiary/aromatic N) is 2. The number of aryl methyl sites for hydroxylation is 2. The zero-order valence-electron chi connectivity index (χ0n) is 10.2. The Morgan fingerprint density at radius 3 is 2.67 bits per heavy atom. The summed E-state index contributed by atoms with van der Waals surface area (Å²) in [6.45, 7) is 3.96. The Kier molecular flexibility index (Phi) is 2.56. The molecule has 0 unspecified atom stereocenters. The molecule has 0 spiro atoms. The van der Waals surface area contributed by atoms with E-state index in [0.717, 1.165) is 33.5 Å². The van der Waals surface area contributed by atoms with Gasteiger partial charge in [-0.15, -0.1) is 0 Å². The van der Waals surface area contributed by atoms with Gasteiger partial charge < -0.3 is 4.98 Å². The molecule has 0 radical (unpaired) electrons. The van der Waals surface area contributed by atoms with Crippen molar-refractivity contribution in [2.24, 2.45) is 0 Å². The Morgan fingerprint density at radius 1 is 1.11 bits per heavy atom. The molecule has 0 bridgehead atoms. The predicted octanol–water partition coefficient (Wildman–Crippen LogP) is 3.90. The summed E-state index contributed by atoms with van der Waals surface area (Å²) in [6.07, 6.45) is 0. The fourth-order valence-corrected chi connectivity index (χ4v) is 2.49. The molecule has 1 N–H and O–H groups in total. The number of H-pyrrole nitrogens is 1. The monoisotopic (exact) mass is 257 g/mol. The molecular weight excluding hydrogens is 246 g/mol. The summed E-state index contributed by atoms with van der Waals surface area (Å²) >= 11 is 5.94. The maximum Gasteiger partial charge on any atom is 0.223 e. The van der Waals surface area contributed by atoms with Crippen LogP contribution in [0.25, 0.3) is 22.2 Å². The third-order valence-corrected chi connectivity index (χ3v) is 3.15. The number of aromatic nitrogens is 3. The molecule has 0 amide bonds. The second-order valence-electron chi connectivity index (χ2n) is 4.33. The molecule has 4 heteroatoms. The number of hydrogen-bond donors (Lipinski definition) is 1. The lowest BCUT2D eigenvalue weighted by Crippen LogP contribution is -1.91. The van der Waals surface area contributed by atoms with E-state index < -0.39 is 0 Å². The summed E-state index contributed by atoms with van der Waals surface area (Å²) in [5.74, 6) is 0. The van der Waals surface area contributed by atoms with Crippen molar-refractivity contribution in [1.82, 2.24) is 15.0 Å². The molecule has 3 rings (SSSR count). The van der Waals surface area contributed by atoms with Crippen molar-refractivity contribution in [2.45, 2.75) is 13.8 Å². The highest BCUT2D eigenvalue weighted by Gasteiger charge is 2.12. The molecule has 0 aliphatic heterocycles. The summed E-state index contributed by atoms with van der Waals surface area (Å²) in [5, 5.41) is 1.44. The summed E-state index contributed by atoms with van der Waals surface area (Å²) in [7, 11) is 0. The van der Waals surface area contributed by atoms with E-state index in [1.165, 1.54) is 0 Å². The lowest BCUT2D eigenvalue weighted by molar-refractivity contribution is 1.10. The molecule has 0 atom stereocenters. The molecule has 1 aromatic carbocycles. The lowest BCUT2D eigenvalue weighted by atomic mass is 10.1. The predicted molar refractivity (Wildman–Crippen MR) is 73.8 cm³/mol. The van der Waals surface area contributed by atoms with Crippen molar-refractivity contribution in [3.05, 3.63) is 47.0 Å². The van der Waals surface area contributed by atoms with Crippen LogP contribution in [-0.2, 0) is 0 Å². The molecule has 18 heavy (non-hydrogen) atoms. The number of rotatable bonds is 1. The van der Waals surface area contributed by atoms with Crippen molar-refractivity contribution in [2.75, 3.05) is 0 Å². The zero-order valence-corrected chi connectivity index (χ0v) is 10.9. The average molecular weight is 258 g/mol. The summed E-state index contributed by atoms with van der Waals surface area (Å²) < 4.78 is 0. The van der Waals surface area contributed by atoms with E-state index in [1.54, 1.807) is 0 Å². The largest absolute Gasteiger partial charge is 0.358 e. The Hall–Kier alpha value is -1.87. The second kappa shape index (κ2) is 4.10. The van der Waals surface area contributed by atoms with E-state index in [4.69, 9.17) is 11.6 Å². The first-order chi connectivity index (χ1) is 8.65. The molecule has 0 saturated heterocycles. The maximum absolute atomic E-state index is 5.94. The third kappa shape index (κ3) is 1.77. The van der Waals surface area contributed by atoms with Gasteiger partial charge in [-0.25, -0.2) is 9.97 Å². The van der Waals surface area contributed by atoms with Crippen LogP contribution in [-0.4, -0.2) is 15.0 Å². The highest BCUT2D eigenvalue weighted by atomic mass is 35.5. The first kappa shape index (κ1) is 11.2. The average Bonchev–Trinajstić information content (AvgIpc) is 2.63. The van der Waals surface area contributed by atoms with Crippen molar-refractivity contribution < 1.29 is 0 Å². The normalized spacial score (nSPS) is 11.1. The van der Waals surface area contributed by atoms with Gasteiger partial charge in [0.1, 0.15) is 0 Å². The number of aromatic amines is 1. The van der Waals surface area contributed by atoms with Crippen LogP contribution in [0.3, 0.4) is 0 Å². The van der Waals surface area contributed by atoms with Gasteiger partial charge in [0.15, 0.2) is 0 Å². The molecule has 2 heterocycles. The van der Waals surface area contributed by atoms with Gasteiger partial charge in [-0.3, -0.25) is 0 Å². The molecule has 0 aliphatic rings. The smallest absolute Gasteiger partial charge is 0.223 e. The van der Waals surface area contributed by atoms with Crippen LogP contribution in [0.15, 0.2) is 30.3 Å². The molecule has 90 valence electrons. The topological polar surface area (TPSA) is 41.6 Å². The van der Waals surface area contributed by atoms with Gasteiger partial charge in [0.05, 0.1) is 5.69 Å². The summed E-state index contributed by atoms with van der Waals surface area (Å²) in [4.78, 5) is 11.8. The first-order valence-electron chi connectivity index (χ1n) is 5.74. The van der Waals surface area contributed by atoms with Crippen molar-refractivity contribution in [3.8, 4) is 11.3 Å². The van der Waals surface area contributed by atoms with E-state index in [2.05, 4.69) is 27.1 Å². The fraction of sp³-hybridized carbons (Fsp3) is 0.143. The fourth-order valence-electron chi connectivity index (χ4n) is 2.27. The van der Waals surface area contributed by atoms with Crippen LogP contribution >= 0.6 is 11.6 Å². The van der Waals surface area contributed by atoms with Crippen LogP contribution in [0.4, 0.5) is 0 Å². The van der Waals surface area contributed by atoms with Gasteiger partial charge in [-0.05, 0) is 37.6 Å². The lowest BCUT2D eigenvalue weighted by Gasteiger charge is -2.03. The van der Waals surface area contributed by atoms with E-state index >= 15 is 0 Å². The standard InChI is InChI=1S/C14H12ClN3/c1-8-7-12(18-14(15)16-8)13-9(2)17-11-6-4-3-5-10(11)13/h3-7,17H,1-2H3. The van der Waals surface area contributed by atoms with Gasteiger partial charge >= 0.3 is 0 Å². The van der Waals surface area contributed by atoms with Crippen molar-refractivity contribution >= 4 is 22.5 Å². The number of halogens is 1. The molecular formula is C14H12ClN3. The van der Waals surface area contributed by atoms with Gasteiger partial charge in [-0.1, -0.05) is 18.2 Å². The Labute approximate surface area is 110 Å². The highest BCUT2D eigenvalue weighted by Crippen LogP contribution is 2.31. The molecule has 0 fully saturated rings. The molecule has 0 aliphatic carbocycles. The van der Waals surface area contributed by atoms with E-state index in [-0.39, 0.29) is 5.28 Å². The van der Waals surface area contributed by atoms with Crippen LogP contribution in [0.5, 0.6) is 0 Å². The Morgan fingerprint density at radius 2 is 1.89 bits per heavy atom. The molecule has 3 nitrogen and oxygen atoms in total. The van der Waals surface area contributed by atoms with E-state index in [0.29, 0.717) is 0 Å². The van der Waals surface area contributed by atoms with Gasteiger partial charge in [0, 0.05) is 27.9 Å². The van der Waals surface area contributed by atoms with Gasteiger partial charge in [-0.2, -0.15) is 0 Å². The number of fused-ring (bicyclic) bond motifs is 1. The number of para-hydroxylation sites is 1. The molecule has 2 aromatic heterocycles. The minimum Gasteiger partial charge on any atom is -0.358 e. The maximum atomic E-state index is 5.94. The minimum atomic E-state index is 0.287. The quantitative estimate of drug-likeness (QED) is 0.672. The number of benzene rings is 1. The first-order valence-corrected chi connectivity index (χ1v) is 6.12. The van der Waals surface area contributed by atoms with E-state index in [9.17, 15) is 0 Å².